The molecular weight excluding hydrogens is 445 g/mol. The molecule has 0 atom stereocenters. The van der Waals surface area contributed by atoms with Crippen molar-refractivity contribution in [1.82, 2.24) is 20.5 Å². The van der Waals surface area contributed by atoms with Crippen LogP contribution in [-0.4, -0.2) is 55.0 Å². The van der Waals surface area contributed by atoms with E-state index in [1.807, 2.05) is 25.7 Å². The molecule has 1 aromatic heterocycles. The number of amides is 1. The first-order valence-electron chi connectivity index (χ1n) is 8.85. The zero-order valence-corrected chi connectivity index (χ0v) is 18.4. The third kappa shape index (κ3) is 6.00. The van der Waals surface area contributed by atoms with Crippen molar-refractivity contribution in [1.29, 1.82) is 0 Å². The third-order valence-electron chi connectivity index (χ3n) is 4.35. The maximum atomic E-state index is 12.2. The van der Waals surface area contributed by atoms with E-state index < -0.39 is 0 Å². The predicted molar refractivity (Wildman–Crippen MR) is 114 cm³/mol. The summed E-state index contributed by atoms with van der Waals surface area (Å²) in [5, 5.41) is 6.28. The molecular formula is C18H30IN5O2. The van der Waals surface area contributed by atoms with Gasteiger partial charge in [0.1, 0.15) is 5.75 Å². The van der Waals surface area contributed by atoms with Gasteiger partial charge in [-0.1, -0.05) is 0 Å². The number of carbonyl (C=O) groups is 1. The molecule has 7 nitrogen and oxygen atoms in total. The average Bonchev–Trinajstić information content (AvgIpc) is 3.13. The molecule has 26 heavy (non-hydrogen) atoms. The lowest BCUT2D eigenvalue weighted by atomic mass is 10.1. The molecule has 146 valence electrons. The monoisotopic (exact) mass is 475 g/mol. The molecule has 2 heterocycles. The third-order valence-corrected chi connectivity index (χ3v) is 4.35. The molecule has 0 aromatic carbocycles. The Kier molecular flexibility index (Phi) is 9.68. The fraction of sp³-hybridized carbons (Fsp3) is 0.611. The van der Waals surface area contributed by atoms with Crippen LogP contribution in [-0.2, 0) is 11.3 Å². The molecule has 1 aliphatic rings. The van der Waals surface area contributed by atoms with Crippen LogP contribution in [0.4, 0.5) is 0 Å². The van der Waals surface area contributed by atoms with Crippen molar-refractivity contribution >= 4 is 35.8 Å². The molecule has 2 N–H and O–H groups in total. The van der Waals surface area contributed by atoms with E-state index in [0.717, 1.165) is 55.0 Å². The lowest BCUT2D eigenvalue weighted by Crippen LogP contribution is -2.44. The Morgan fingerprint density at radius 3 is 2.62 bits per heavy atom. The fourth-order valence-electron chi connectivity index (χ4n) is 2.96. The number of guanidine groups is 1. The van der Waals surface area contributed by atoms with E-state index in [1.54, 1.807) is 13.3 Å². The summed E-state index contributed by atoms with van der Waals surface area (Å²) in [6.07, 6.45) is 3.99. The minimum absolute atomic E-state index is 0. The Labute approximate surface area is 173 Å². The maximum absolute atomic E-state index is 12.2. The van der Waals surface area contributed by atoms with Gasteiger partial charge in [0.05, 0.1) is 25.9 Å². The SMILES string of the molecule is CCNC(=NCc1ncc(C)c(OC)c1C)NCC(=O)N1CCCC1.I. The highest BCUT2D eigenvalue weighted by molar-refractivity contribution is 14.0. The van der Waals surface area contributed by atoms with Crippen LogP contribution in [0.15, 0.2) is 11.2 Å². The van der Waals surface area contributed by atoms with E-state index in [0.29, 0.717) is 12.5 Å². The van der Waals surface area contributed by atoms with Crippen LogP contribution < -0.4 is 15.4 Å². The smallest absolute Gasteiger partial charge is 0.241 e. The van der Waals surface area contributed by atoms with Gasteiger partial charge in [-0.05, 0) is 33.6 Å². The minimum Gasteiger partial charge on any atom is -0.496 e. The van der Waals surface area contributed by atoms with Gasteiger partial charge in [-0.2, -0.15) is 0 Å². The molecule has 0 aliphatic carbocycles. The van der Waals surface area contributed by atoms with E-state index in [-0.39, 0.29) is 36.4 Å². The van der Waals surface area contributed by atoms with Gasteiger partial charge in [-0.3, -0.25) is 9.78 Å². The van der Waals surface area contributed by atoms with E-state index in [2.05, 4.69) is 20.6 Å². The molecule has 1 fully saturated rings. The van der Waals surface area contributed by atoms with Gasteiger partial charge in [0, 0.05) is 37.0 Å². The van der Waals surface area contributed by atoms with E-state index in [9.17, 15) is 4.79 Å². The second kappa shape index (κ2) is 11.2. The van der Waals surface area contributed by atoms with Crippen molar-refractivity contribution in [3.8, 4) is 5.75 Å². The van der Waals surface area contributed by atoms with Crippen molar-refractivity contribution in [2.75, 3.05) is 33.3 Å². The summed E-state index contributed by atoms with van der Waals surface area (Å²) in [6.45, 7) is 9.10. The van der Waals surface area contributed by atoms with Crippen LogP contribution in [0.3, 0.4) is 0 Å². The summed E-state index contributed by atoms with van der Waals surface area (Å²) in [4.78, 5) is 23.1. The van der Waals surface area contributed by atoms with Crippen molar-refractivity contribution in [2.45, 2.75) is 40.2 Å². The van der Waals surface area contributed by atoms with Gasteiger partial charge < -0.3 is 20.3 Å². The second-order valence-corrected chi connectivity index (χ2v) is 6.18. The number of nitrogens with one attached hydrogen (secondary N) is 2. The zero-order chi connectivity index (χ0) is 18.2. The lowest BCUT2D eigenvalue weighted by Gasteiger charge is -2.17. The van der Waals surface area contributed by atoms with E-state index >= 15 is 0 Å². The molecule has 0 radical (unpaired) electrons. The normalized spacial score (nSPS) is 14.0. The lowest BCUT2D eigenvalue weighted by molar-refractivity contribution is -0.128. The van der Waals surface area contributed by atoms with Crippen molar-refractivity contribution in [3.05, 3.63) is 23.0 Å². The highest BCUT2D eigenvalue weighted by Gasteiger charge is 2.17. The predicted octanol–water partition coefficient (Wildman–Crippen LogP) is 2.00. The van der Waals surface area contributed by atoms with Gasteiger partial charge >= 0.3 is 0 Å². The number of aliphatic imine (C=N–C) groups is 1. The quantitative estimate of drug-likeness (QED) is 0.374. The summed E-state index contributed by atoms with van der Waals surface area (Å²) in [6, 6.07) is 0. The Morgan fingerprint density at radius 1 is 1.31 bits per heavy atom. The second-order valence-electron chi connectivity index (χ2n) is 6.18. The van der Waals surface area contributed by atoms with Gasteiger partial charge in [0.2, 0.25) is 5.91 Å². The number of aromatic nitrogens is 1. The average molecular weight is 475 g/mol. The summed E-state index contributed by atoms with van der Waals surface area (Å²) in [5.74, 6) is 1.59. The summed E-state index contributed by atoms with van der Waals surface area (Å²) >= 11 is 0. The van der Waals surface area contributed by atoms with Crippen molar-refractivity contribution in [3.63, 3.8) is 0 Å². The first kappa shape index (κ1) is 22.5. The van der Waals surface area contributed by atoms with Gasteiger partial charge in [-0.15, -0.1) is 24.0 Å². The van der Waals surface area contributed by atoms with Gasteiger partial charge in [-0.25, -0.2) is 4.99 Å². The van der Waals surface area contributed by atoms with Crippen LogP contribution >= 0.6 is 24.0 Å². The fourth-order valence-corrected chi connectivity index (χ4v) is 2.96. The zero-order valence-electron chi connectivity index (χ0n) is 16.1. The number of likely N-dealkylation sites (tertiary alicyclic amines) is 1. The number of hydrogen-bond acceptors (Lipinski definition) is 4. The van der Waals surface area contributed by atoms with E-state index in [1.165, 1.54) is 0 Å². The van der Waals surface area contributed by atoms with Crippen LogP contribution in [0, 0.1) is 13.8 Å². The largest absolute Gasteiger partial charge is 0.496 e. The molecule has 8 heteroatoms. The first-order chi connectivity index (χ1) is 12.1. The highest BCUT2D eigenvalue weighted by atomic mass is 127. The number of pyridine rings is 1. The number of halogens is 1. The molecule has 1 amide bonds. The van der Waals surface area contributed by atoms with Gasteiger partial charge in [0.25, 0.3) is 0 Å². The Hall–Kier alpha value is -1.58. The molecule has 2 rings (SSSR count). The molecule has 0 unspecified atom stereocenters. The Balaban J connectivity index is 0.00000338. The van der Waals surface area contributed by atoms with E-state index in [4.69, 9.17) is 4.74 Å². The molecule has 1 aromatic rings. The number of hydrogen-bond donors (Lipinski definition) is 2. The van der Waals surface area contributed by atoms with Crippen LogP contribution in [0.5, 0.6) is 5.75 Å². The van der Waals surface area contributed by atoms with Gasteiger partial charge in [0.15, 0.2) is 5.96 Å². The van der Waals surface area contributed by atoms with Crippen LogP contribution in [0.2, 0.25) is 0 Å². The number of nitrogens with zero attached hydrogens (tertiary/aromatic N) is 3. The summed E-state index contributed by atoms with van der Waals surface area (Å²) < 4.78 is 5.44. The summed E-state index contributed by atoms with van der Waals surface area (Å²) in [7, 11) is 1.66. The standard InChI is InChI=1S/C18H29N5O2.HI/c1-5-19-18(22-12-16(24)23-8-6-7-9-23)21-11-15-14(3)17(25-4)13(2)10-20-15;/h10H,5-9,11-12H2,1-4H3,(H2,19,21,22);1H. The maximum Gasteiger partial charge on any atom is 0.241 e. The van der Waals surface area contributed by atoms with Crippen LogP contribution in [0.25, 0.3) is 0 Å². The number of rotatable bonds is 6. The van der Waals surface area contributed by atoms with Crippen LogP contribution in [0.1, 0.15) is 36.6 Å². The molecule has 1 saturated heterocycles. The Morgan fingerprint density at radius 2 is 2.00 bits per heavy atom. The Bertz CT molecular complexity index is 630. The van der Waals surface area contributed by atoms with Crippen molar-refractivity contribution in [2.24, 2.45) is 4.99 Å². The first-order valence-corrected chi connectivity index (χ1v) is 8.85. The number of methoxy groups -OCH3 is 1. The number of ether oxygens (including phenoxy) is 1. The highest BCUT2D eigenvalue weighted by Crippen LogP contribution is 2.24. The molecule has 1 aliphatic heterocycles. The number of carbonyl (C=O) groups excluding carboxylic acids is 1. The van der Waals surface area contributed by atoms with Crippen molar-refractivity contribution < 1.29 is 9.53 Å². The minimum atomic E-state index is 0. The molecule has 0 bridgehead atoms. The topological polar surface area (TPSA) is 78.9 Å². The molecule has 0 saturated carbocycles. The summed E-state index contributed by atoms with van der Waals surface area (Å²) in [5.41, 5.74) is 2.87. The number of aryl methyl sites for hydroxylation is 1. The molecule has 0 spiro atoms.